The molecule has 1 aromatic carbocycles. The van der Waals surface area contributed by atoms with Crippen molar-refractivity contribution in [1.82, 2.24) is 10.2 Å². The molecule has 1 fully saturated rings. The first kappa shape index (κ1) is 20.8. The lowest BCUT2D eigenvalue weighted by Gasteiger charge is -2.32. The van der Waals surface area contributed by atoms with Gasteiger partial charge in [-0.15, -0.1) is 12.4 Å². The van der Waals surface area contributed by atoms with Crippen LogP contribution < -0.4 is 10.1 Å². The number of amides is 1. The van der Waals surface area contributed by atoms with Crippen LogP contribution >= 0.6 is 12.4 Å². The predicted octanol–water partition coefficient (Wildman–Crippen LogP) is 3.75. The Kier molecular flexibility index (Phi) is 9.80. The summed E-state index contributed by atoms with van der Waals surface area (Å²) in [5.41, 5.74) is 0.760. The Morgan fingerprint density at radius 1 is 1.29 bits per heavy atom. The molecule has 0 spiro atoms. The van der Waals surface area contributed by atoms with Crippen molar-refractivity contribution in [2.24, 2.45) is 5.92 Å². The van der Waals surface area contributed by atoms with Gasteiger partial charge in [0, 0.05) is 18.7 Å². The molecule has 0 aromatic heterocycles. The topological polar surface area (TPSA) is 41.6 Å². The van der Waals surface area contributed by atoms with Gasteiger partial charge in [0.1, 0.15) is 5.75 Å². The van der Waals surface area contributed by atoms with Crippen molar-refractivity contribution in [3.8, 4) is 5.75 Å². The van der Waals surface area contributed by atoms with Crippen LogP contribution in [0.3, 0.4) is 0 Å². The fourth-order valence-electron chi connectivity index (χ4n) is 3.12. The van der Waals surface area contributed by atoms with Crippen molar-refractivity contribution in [3.05, 3.63) is 29.8 Å². The summed E-state index contributed by atoms with van der Waals surface area (Å²) in [5, 5.41) is 3.22. The van der Waals surface area contributed by atoms with Gasteiger partial charge in [-0.3, -0.25) is 4.79 Å². The van der Waals surface area contributed by atoms with Gasteiger partial charge in [-0.25, -0.2) is 0 Å². The molecule has 0 saturated carbocycles. The Bertz CT molecular complexity index is 477. The van der Waals surface area contributed by atoms with Crippen molar-refractivity contribution in [1.29, 1.82) is 0 Å². The summed E-state index contributed by atoms with van der Waals surface area (Å²) >= 11 is 0. The Morgan fingerprint density at radius 2 is 2.04 bits per heavy atom. The predicted molar refractivity (Wildman–Crippen MR) is 101 cm³/mol. The molecule has 24 heavy (non-hydrogen) atoms. The average molecular weight is 355 g/mol. The number of nitrogens with zero attached hydrogens (tertiary/aromatic N) is 1. The largest absolute Gasteiger partial charge is 0.494 e. The van der Waals surface area contributed by atoms with Gasteiger partial charge in [-0.05, 0) is 63.0 Å². The lowest BCUT2D eigenvalue weighted by atomic mass is 9.97. The number of carbonyl (C=O) groups is 1. The zero-order chi connectivity index (χ0) is 16.5. The molecule has 1 unspecified atom stereocenters. The second-order valence-electron chi connectivity index (χ2n) is 6.40. The molecule has 1 saturated heterocycles. The van der Waals surface area contributed by atoms with Crippen LogP contribution in [-0.2, 0) is 0 Å². The van der Waals surface area contributed by atoms with Gasteiger partial charge in [0.25, 0.3) is 5.91 Å². The van der Waals surface area contributed by atoms with E-state index in [4.69, 9.17) is 4.74 Å². The fraction of sp³-hybridized carbons (Fsp3) is 0.632. The summed E-state index contributed by atoms with van der Waals surface area (Å²) < 4.78 is 5.70. The smallest absolute Gasteiger partial charge is 0.253 e. The normalized spacial score (nSPS) is 17.2. The number of piperidine rings is 1. The van der Waals surface area contributed by atoms with E-state index in [9.17, 15) is 4.79 Å². The lowest BCUT2D eigenvalue weighted by Crippen LogP contribution is -2.42. The molecule has 1 aliphatic rings. The molecule has 5 heteroatoms. The maximum Gasteiger partial charge on any atom is 0.253 e. The van der Waals surface area contributed by atoms with Crippen LogP contribution in [-0.4, -0.2) is 44.1 Å². The van der Waals surface area contributed by atoms with Crippen molar-refractivity contribution in [2.45, 2.75) is 39.0 Å². The van der Waals surface area contributed by atoms with E-state index in [-0.39, 0.29) is 18.3 Å². The average Bonchev–Trinajstić information content (AvgIpc) is 2.59. The monoisotopic (exact) mass is 354 g/mol. The van der Waals surface area contributed by atoms with E-state index in [0.717, 1.165) is 50.4 Å². The molecule has 0 bridgehead atoms. The molecular weight excluding hydrogens is 324 g/mol. The van der Waals surface area contributed by atoms with Gasteiger partial charge in [0.15, 0.2) is 0 Å². The standard InChI is InChI=1S/C19H30N2O2.ClH/c1-3-4-5-13-23-18-10-8-17(9-11-18)19(22)21-12-6-7-16(15-21)14-20-2;/h8-11,16,20H,3-7,12-15H2,1-2H3;1H. The van der Waals surface area contributed by atoms with E-state index in [2.05, 4.69) is 12.2 Å². The van der Waals surface area contributed by atoms with Gasteiger partial charge in [0.05, 0.1) is 6.61 Å². The minimum Gasteiger partial charge on any atom is -0.494 e. The van der Waals surface area contributed by atoms with E-state index in [1.165, 1.54) is 19.3 Å². The second kappa shape index (κ2) is 11.3. The number of unbranched alkanes of at least 4 members (excludes halogenated alkanes) is 2. The molecule has 136 valence electrons. The van der Waals surface area contributed by atoms with Gasteiger partial charge < -0.3 is 15.0 Å². The minimum atomic E-state index is 0. The number of carbonyl (C=O) groups excluding carboxylic acids is 1. The third-order valence-electron chi connectivity index (χ3n) is 4.42. The first-order valence-electron chi connectivity index (χ1n) is 8.91. The summed E-state index contributed by atoms with van der Waals surface area (Å²) in [4.78, 5) is 14.6. The van der Waals surface area contributed by atoms with Crippen LogP contribution in [0.5, 0.6) is 5.75 Å². The van der Waals surface area contributed by atoms with Crippen molar-refractivity contribution < 1.29 is 9.53 Å². The highest BCUT2D eigenvalue weighted by Crippen LogP contribution is 2.19. The maximum absolute atomic E-state index is 12.6. The molecule has 1 aromatic rings. The number of nitrogens with one attached hydrogen (secondary N) is 1. The third-order valence-corrected chi connectivity index (χ3v) is 4.42. The Labute approximate surface area is 152 Å². The van der Waals surface area contributed by atoms with Gasteiger partial charge >= 0.3 is 0 Å². The van der Waals surface area contributed by atoms with E-state index in [1.54, 1.807) is 0 Å². The highest BCUT2D eigenvalue weighted by atomic mass is 35.5. The molecule has 1 heterocycles. The maximum atomic E-state index is 12.6. The molecule has 0 aliphatic carbocycles. The number of hydrogen-bond acceptors (Lipinski definition) is 3. The van der Waals surface area contributed by atoms with Crippen LogP contribution in [0.4, 0.5) is 0 Å². The number of halogens is 1. The van der Waals surface area contributed by atoms with Crippen LogP contribution in [0.15, 0.2) is 24.3 Å². The fourth-order valence-corrected chi connectivity index (χ4v) is 3.12. The number of hydrogen-bond donors (Lipinski definition) is 1. The van der Waals surface area contributed by atoms with Crippen molar-refractivity contribution in [3.63, 3.8) is 0 Å². The molecule has 1 amide bonds. The van der Waals surface area contributed by atoms with Crippen molar-refractivity contribution >= 4 is 18.3 Å². The van der Waals surface area contributed by atoms with E-state index in [1.807, 2.05) is 36.2 Å². The highest BCUT2D eigenvalue weighted by Gasteiger charge is 2.23. The van der Waals surface area contributed by atoms with Crippen LogP contribution in [0.2, 0.25) is 0 Å². The molecule has 1 aliphatic heterocycles. The summed E-state index contributed by atoms with van der Waals surface area (Å²) in [6.45, 7) is 5.64. The summed E-state index contributed by atoms with van der Waals surface area (Å²) in [7, 11) is 1.97. The van der Waals surface area contributed by atoms with E-state index >= 15 is 0 Å². The van der Waals surface area contributed by atoms with E-state index in [0.29, 0.717) is 5.92 Å². The van der Waals surface area contributed by atoms with Crippen LogP contribution in [0.1, 0.15) is 49.4 Å². The zero-order valence-electron chi connectivity index (χ0n) is 14.9. The Balaban J connectivity index is 0.00000288. The number of rotatable bonds is 8. The lowest BCUT2D eigenvalue weighted by molar-refractivity contribution is 0.0674. The Hall–Kier alpha value is -1.26. The number of likely N-dealkylation sites (tertiary alicyclic amines) is 1. The number of benzene rings is 1. The van der Waals surface area contributed by atoms with Crippen LogP contribution in [0.25, 0.3) is 0 Å². The minimum absolute atomic E-state index is 0. The summed E-state index contributed by atoms with van der Waals surface area (Å²) in [6.07, 6.45) is 5.77. The first-order valence-corrected chi connectivity index (χ1v) is 8.91. The van der Waals surface area contributed by atoms with Crippen LogP contribution in [0, 0.1) is 5.92 Å². The van der Waals surface area contributed by atoms with Gasteiger partial charge in [-0.2, -0.15) is 0 Å². The summed E-state index contributed by atoms with van der Waals surface area (Å²) in [5.74, 6) is 1.56. The summed E-state index contributed by atoms with van der Waals surface area (Å²) in [6, 6.07) is 7.60. The quantitative estimate of drug-likeness (QED) is 0.723. The molecule has 4 nitrogen and oxygen atoms in total. The molecule has 2 rings (SSSR count). The molecule has 1 N–H and O–H groups in total. The SMILES string of the molecule is CCCCCOc1ccc(C(=O)N2CCCC(CNC)C2)cc1.Cl. The van der Waals surface area contributed by atoms with Gasteiger partial charge in [-0.1, -0.05) is 19.8 Å². The van der Waals surface area contributed by atoms with E-state index < -0.39 is 0 Å². The zero-order valence-corrected chi connectivity index (χ0v) is 15.7. The Morgan fingerprint density at radius 3 is 2.71 bits per heavy atom. The van der Waals surface area contributed by atoms with Crippen molar-refractivity contribution in [2.75, 3.05) is 33.3 Å². The highest BCUT2D eigenvalue weighted by molar-refractivity contribution is 5.94. The second-order valence-corrected chi connectivity index (χ2v) is 6.40. The number of ether oxygens (including phenoxy) is 1. The molecular formula is C19H31ClN2O2. The first-order chi connectivity index (χ1) is 11.2. The third kappa shape index (κ3) is 6.33. The molecule has 1 atom stereocenters. The molecule has 0 radical (unpaired) electrons. The van der Waals surface area contributed by atoms with Gasteiger partial charge in [0.2, 0.25) is 0 Å².